The Morgan fingerprint density at radius 2 is 1.65 bits per heavy atom. The van der Waals surface area contributed by atoms with E-state index in [1.807, 2.05) is 43.4 Å². The largest absolute Gasteiger partial charge is 0.508 e. The van der Waals surface area contributed by atoms with Crippen molar-refractivity contribution in [1.82, 2.24) is 5.32 Å². The van der Waals surface area contributed by atoms with Crippen molar-refractivity contribution in [1.29, 1.82) is 0 Å². The molecule has 0 heterocycles. The number of aromatic hydroxyl groups is 1. The van der Waals surface area contributed by atoms with Gasteiger partial charge in [-0.05, 0) is 25.1 Å². The van der Waals surface area contributed by atoms with Crippen LogP contribution in [-0.2, 0) is 6.42 Å². The lowest BCUT2D eigenvalue weighted by Crippen LogP contribution is -2.18. The van der Waals surface area contributed by atoms with Crippen molar-refractivity contribution < 1.29 is 5.11 Å². The quantitative estimate of drug-likeness (QED) is 0.841. The zero-order valence-electron chi connectivity index (χ0n) is 9.93. The SMILES string of the molecule is CN[C@H](Cc1ccccc1)c1ccccc1O. The predicted molar refractivity (Wildman–Crippen MR) is 70.1 cm³/mol. The van der Waals surface area contributed by atoms with Gasteiger partial charge in [0.15, 0.2) is 0 Å². The molecule has 2 heteroatoms. The fourth-order valence-electron chi connectivity index (χ4n) is 2.00. The lowest BCUT2D eigenvalue weighted by molar-refractivity contribution is 0.452. The Balaban J connectivity index is 2.21. The monoisotopic (exact) mass is 227 g/mol. The summed E-state index contributed by atoms with van der Waals surface area (Å²) >= 11 is 0. The minimum absolute atomic E-state index is 0.138. The molecular formula is C15H17NO. The average Bonchev–Trinajstić information content (AvgIpc) is 2.38. The molecule has 0 spiro atoms. The highest BCUT2D eigenvalue weighted by atomic mass is 16.3. The third kappa shape index (κ3) is 2.86. The zero-order chi connectivity index (χ0) is 12.1. The van der Waals surface area contributed by atoms with Crippen LogP contribution in [0.25, 0.3) is 0 Å². The molecule has 0 radical (unpaired) electrons. The number of benzene rings is 2. The molecule has 2 aromatic carbocycles. The average molecular weight is 227 g/mol. The summed E-state index contributed by atoms with van der Waals surface area (Å²) in [6.07, 6.45) is 0.870. The molecule has 0 saturated heterocycles. The molecule has 17 heavy (non-hydrogen) atoms. The van der Waals surface area contributed by atoms with E-state index >= 15 is 0 Å². The van der Waals surface area contributed by atoms with Crippen LogP contribution in [0, 0.1) is 0 Å². The van der Waals surface area contributed by atoms with Crippen LogP contribution in [0.4, 0.5) is 0 Å². The molecule has 0 aliphatic heterocycles. The molecule has 0 unspecified atom stereocenters. The van der Waals surface area contributed by atoms with Crippen LogP contribution in [0.2, 0.25) is 0 Å². The van der Waals surface area contributed by atoms with Gasteiger partial charge in [-0.3, -0.25) is 0 Å². The number of phenols is 1. The van der Waals surface area contributed by atoms with Crippen LogP contribution in [0.15, 0.2) is 54.6 Å². The maximum atomic E-state index is 9.85. The number of hydrogen-bond acceptors (Lipinski definition) is 2. The van der Waals surface area contributed by atoms with E-state index in [4.69, 9.17) is 0 Å². The molecule has 2 aromatic rings. The van der Waals surface area contributed by atoms with Gasteiger partial charge in [-0.2, -0.15) is 0 Å². The third-order valence-electron chi connectivity index (χ3n) is 2.94. The van der Waals surface area contributed by atoms with E-state index in [2.05, 4.69) is 17.4 Å². The molecule has 0 saturated carbocycles. The molecule has 0 bridgehead atoms. The molecule has 0 fully saturated rings. The molecule has 0 aliphatic rings. The van der Waals surface area contributed by atoms with Gasteiger partial charge < -0.3 is 10.4 Å². The van der Waals surface area contributed by atoms with Gasteiger partial charge in [0.25, 0.3) is 0 Å². The molecule has 0 aliphatic carbocycles. The van der Waals surface area contributed by atoms with Gasteiger partial charge in [-0.15, -0.1) is 0 Å². The standard InChI is InChI=1S/C15H17NO/c1-16-14(11-12-7-3-2-4-8-12)13-9-5-6-10-15(13)17/h2-10,14,16-17H,11H2,1H3/t14-/m1/s1. The summed E-state index contributed by atoms with van der Waals surface area (Å²) in [5.41, 5.74) is 2.20. The Morgan fingerprint density at radius 1 is 1.00 bits per heavy atom. The van der Waals surface area contributed by atoms with Gasteiger partial charge in [0.1, 0.15) is 5.75 Å². The molecule has 2 nitrogen and oxygen atoms in total. The van der Waals surface area contributed by atoms with Crippen LogP contribution in [0.5, 0.6) is 5.75 Å². The number of para-hydroxylation sites is 1. The number of likely N-dealkylation sites (N-methyl/N-ethyl adjacent to an activating group) is 1. The fraction of sp³-hybridized carbons (Fsp3) is 0.200. The van der Waals surface area contributed by atoms with Gasteiger partial charge in [0.2, 0.25) is 0 Å². The van der Waals surface area contributed by atoms with Crippen molar-refractivity contribution in [3.63, 3.8) is 0 Å². The minimum Gasteiger partial charge on any atom is -0.508 e. The normalized spacial score (nSPS) is 12.3. The van der Waals surface area contributed by atoms with Crippen molar-refractivity contribution in [2.24, 2.45) is 0 Å². The third-order valence-corrected chi connectivity index (χ3v) is 2.94. The van der Waals surface area contributed by atoms with E-state index in [0.717, 1.165) is 12.0 Å². The maximum absolute atomic E-state index is 9.85. The van der Waals surface area contributed by atoms with E-state index in [1.54, 1.807) is 6.07 Å². The van der Waals surface area contributed by atoms with Crippen LogP contribution < -0.4 is 5.32 Å². The molecular weight excluding hydrogens is 210 g/mol. The highest BCUT2D eigenvalue weighted by molar-refractivity contribution is 5.35. The van der Waals surface area contributed by atoms with Crippen molar-refractivity contribution in [3.05, 3.63) is 65.7 Å². The van der Waals surface area contributed by atoms with E-state index in [9.17, 15) is 5.11 Å². The lowest BCUT2D eigenvalue weighted by atomic mass is 9.98. The van der Waals surface area contributed by atoms with Crippen LogP contribution in [0.3, 0.4) is 0 Å². The van der Waals surface area contributed by atoms with E-state index < -0.39 is 0 Å². The molecule has 2 N–H and O–H groups in total. The van der Waals surface area contributed by atoms with Crippen molar-refractivity contribution in [2.45, 2.75) is 12.5 Å². The van der Waals surface area contributed by atoms with Gasteiger partial charge >= 0.3 is 0 Å². The summed E-state index contributed by atoms with van der Waals surface area (Å²) in [5, 5.41) is 13.1. The molecule has 1 atom stereocenters. The number of phenolic OH excluding ortho intramolecular Hbond substituents is 1. The summed E-state index contributed by atoms with van der Waals surface area (Å²) in [6.45, 7) is 0. The second kappa shape index (κ2) is 5.51. The molecule has 0 aromatic heterocycles. The second-order valence-corrected chi connectivity index (χ2v) is 4.09. The number of rotatable bonds is 4. The van der Waals surface area contributed by atoms with Gasteiger partial charge in [-0.1, -0.05) is 48.5 Å². The van der Waals surface area contributed by atoms with Gasteiger partial charge in [-0.25, -0.2) is 0 Å². The summed E-state index contributed by atoms with van der Waals surface area (Å²) < 4.78 is 0. The first kappa shape index (κ1) is 11.7. The second-order valence-electron chi connectivity index (χ2n) is 4.09. The summed E-state index contributed by atoms with van der Waals surface area (Å²) in [5.74, 6) is 0.350. The van der Waals surface area contributed by atoms with E-state index in [-0.39, 0.29) is 6.04 Å². The highest BCUT2D eigenvalue weighted by Gasteiger charge is 2.13. The van der Waals surface area contributed by atoms with Crippen LogP contribution in [0.1, 0.15) is 17.2 Å². The number of hydrogen-bond donors (Lipinski definition) is 2. The molecule has 2 rings (SSSR count). The van der Waals surface area contributed by atoms with Crippen molar-refractivity contribution >= 4 is 0 Å². The fourth-order valence-corrected chi connectivity index (χ4v) is 2.00. The Bertz CT molecular complexity index is 467. The lowest BCUT2D eigenvalue weighted by Gasteiger charge is -2.17. The van der Waals surface area contributed by atoms with Crippen molar-refractivity contribution in [3.8, 4) is 5.75 Å². The summed E-state index contributed by atoms with van der Waals surface area (Å²) in [4.78, 5) is 0. The van der Waals surface area contributed by atoms with Crippen molar-refractivity contribution in [2.75, 3.05) is 7.05 Å². The van der Waals surface area contributed by atoms with Crippen LogP contribution in [-0.4, -0.2) is 12.2 Å². The topological polar surface area (TPSA) is 32.3 Å². The smallest absolute Gasteiger partial charge is 0.120 e. The maximum Gasteiger partial charge on any atom is 0.120 e. The predicted octanol–water partition coefficient (Wildman–Crippen LogP) is 2.90. The van der Waals surface area contributed by atoms with Gasteiger partial charge in [0.05, 0.1) is 0 Å². The first-order valence-electron chi connectivity index (χ1n) is 5.80. The summed E-state index contributed by atoms with van der Waals surface area (Å²) in [6, 6.07) is 17.9. The molecule has 88 valence electrons. The molecule has 0 amide bonds. The Hall–Kier alpha value is -1.80. The zero-order valence-corrected chi connectivity index (χ0v) is 9.93. The first-order valence-corrected chi connectivity index (χ1v) is 5.80. The summed E-state index contributed by atoms with van der Waals surface area (Å²) in [7, 11) is 1.92. The highest BCUT2D eigenvalue weighted by Crippen LogP contribution is 2.25. The van der Waals surface area contributed by atoms with Gasteiger partial charge in [0, 0.05) is 11.6 Å². The minimum atomic E-state index is 0.138. The Morgan fingerprint density at radius 3 is 2.29 bits per heavy atom. The number of nitrogens with one attached hydrogen (secondary N) is 1. The Labute approximate surface area is 102 Å². The van der Waals surface area contributed by atoms with E-state index in [1.165, 1.54) is 5.56 Å². The Kier molecular flexibility index (Phi) is 3.78. The van der Waals surface area contributed by atoms with E-state index in [0.29, 0.717) is 5.75 Å². The van der Waals surface area contributed by atoms with Crippen LogP contribution >= 0.6 is 0 Å². The first-order chi connectivity index (χ1) is 8.31.